The molecule has 3 nitrogen and oxygen atoms in total. The third-order valence-corrected chi connectivity index (χ3v) is 2.34. The summed E-state index contributed by atoms with van der Waals surface area (Å²) in [6.07, 6.45) is 0. The number of hydrogen-bond donors (Lipinski definition) is 0. The number of esters is 2. The molecule has 0 fully saturated rings. The highest BCUT2D eigenvalue weighted by molar-refractivity contribution is 6.13. The van der Waals surface area contributed by atoms with Crippen LogP contribution in [0, 0.1) is 10.8 Å². The van der Waals surface area contributed by atoms with Crippen molar-refractivity contribution in [2.45, 2.75) is 41.5 Å². The second-order valence-electron chi connectivity index (χ2n) is 5.93. The summed E-state index contributed by atoms with van der Waals surface area (Å²) in [4.78, 5) is 23.2. The molecule has 1 aliphatic rings. The monoisotopic (exact) mass is 210 g/mol. The van der Waals surface area contributed by atoms with Gasteiger partial charge in [0.25, 0.3) is 0 Å². The van der Waals surface area contributed by atoms with Crippen molar-refractivity contribution in [3.8, 4) is 0 Å². The first kappa shape index (κ1) is 12.0. The third-order valence-electron chi connectivity index (χ3n) is 2.34. The molecule has 0 saturated carbocycles. The van der Waals surface area contributed by atoms with E-state index in [1.165, 1.54) is 0 Å². The Morgan fingerprint density at radius 2 is 1.00 bits per heavy atom. The lowest BCUT2D eigenvalue weighted by molar-refractivity contribution is -0.151. The van der Waals surface area contributed by atoms with Gasteiger partial charge in [-0.05, 0) is 10.8 Å². The van der Waals surface area contributed by atoms with Crippen LogP contribution in [0.25, 0.3) is 0 Å². The largest absolute Gasteiger partial charge is 0.386 e. The molecule has 0 aromatic carbocycles. The second-order valence-corrected chi connectivity index (χ2v) is 5.93. The molecule has 0 spiro atoms. The topological polar surface area (TPSA) is 43.4 Å². The van der Waals surface area contributed by atoms with Crippen molar-refractivity contribution in [2.24, 2.45) is 10.8 Å². The van der Waals surface area contributed by atoms with Gasteiger partial charge in [0.1, 0.15) is 0 Å². The molecule has 0 amide bonds. The molecule has 1 heterocycles. The summed E-state index contributed by atoms with van der Waals surface area (Å²) in [7, 11) is 0. The minimum absolute atomic E-state index is 0.355. The first-order valence-corrected chi connectivity index (χ1v) is 5.07. The van der Waals surface area contributed by atoms with Crippen molar-refractivity contribution < 1.29 is 14.3 Å². The number of hydrogen-bond acceptors (Lipinski definition) is 3. The second kappa shape index (κ2) is 3.19. The number of carbonyl (C=O) groups excluding carboxylic acids is 2. The first-order valence-electron chi connectivity index (χ1n) is 5.07. The molecule has 0 N–H and O–H groups in total. The Balaban J connectivity index is 3.42. The lowest BCUT2D eigenvalue weighted by Gasteiger charge is -2.24. The normalized spacial score (nSPS) is 18.5. The Morgan fingerprint density at radius 1 is 0.733 bits per heavy atom. The van der Waals surface area contributed by atoms with E-state index in [-0.39, 0.29) is 10.8 Å². The summed E-state index contributed by atoms with van der Waals surface area (Å²) in [5.41, 5.74) is 0.317. The molecule has 0 saturated heterocycles. The van der Waals surface area contributed by atoms with E-state index < -0.39 is 11.9 Å². The number of ether oxygens (including phenoxy) is 1. The summed E-state index contributed by atoms with van der Waals surface area (Å²) in [6, 6.07) is 0. The van der Waals surface area contributed by atoms with Crippen LogP contribution in [0.15, 0.2) is 11.1 Å². The summed E-state index contributed by atoms with van der Waals surface area (Å²) in [5.74, 6) is -0.977. The van der Waals surface area contributed by atoms with E-state index in [9.17, 15) is 9.59 Å². The molecule has 0 unspecified atom stereocenters. The number of rotatable bonds is 0. The summed E-state index contributed by atoms with van der Waals surface area (Å²) in [5, 5.41) is 0. The van der Waals surface area contributed by atoms with E-state index in [1.807, 2.05) is 41.5 Å². The van der Waals surface area contributed by atoms with E-state index in [2.05, 4.69) is 4.74 Å². The van der Waals surface area contributed by atoms with Crippen molar-refractivity contribution in [3.63, 3.8) is 0 Å². The predicted molar refractivity (Wildman–Crippen MR) is 57.0 cm³/mol. The van der Waals surface area contributed by atoms with Gasteiger partial charge in [-0.15, -0.1) is 0 Å². The Hall–Kier alpha value is -1.12. The molecule has 0 radical (unpaired) electrons. The molecule has 0 aromatic rings. The molecule has 0 bridgehead atoms. The molecule has 84 valence electrons. The van der Waals surface area contributed by atoms with Gasteiger partial charge in [-0.1, -0.05) is 41.5 Å². The smallest absolute Gasteiger partial charge is 0.343 e. The maximum atomic E-state index is 11.6. The van der Waals surface area contributed by atoms with Crippen LogP contribution in [0.4, 0.5) is 0 Å². The van der Waals surface area contributed by atoms with Crippen LogP contribution < -0.4 is 0 Å². The molecule has 0 aromatic heterocycles. The number of carbonyl (C=O) groups is 2. The molecule has 0 atom stereocenters. The van der Waals surface area contributed by atoms with Crippen LogP contribution in [0.1, 0.15) is 41.5 Å². The van der Waals surface area contributed by atoms with Gasteiger partial charge in [-0.2, -0.15) is 0 Å². The Bertz CT molecular complexity index is 314. The minimum Gasteiger partial charge on any atom is -0.386 e. The van der Waals surface area contributed by atoms with Gasteiger partial charge < -0.3 is 4.74 Å². The van der Waals surface area contributed by atoms with E-state index in [0.29, 0.717) is 11.1 Å². The highest BCUT2D eigenvalue weighted by Crippen LogP contribution is 2.41. The molecule has 3 heteroatoms. The average molecular weight is 210 g/mol. The minimum atomic E-state index is -0.488. The van der Waals surface area contributed by atoms with Gasteiger partial charge >= 0.3 is 11.9 Å². The fraction of sp³-hybridized carbons (Fsp3) is 0.667. The zero-order valence-corrected chi connectivity index (χ0v) is 10.2. The van der Waals surface area contributed by atoms with Crippen LogP contribution >= 0.6 is 0 Å². The predicted octanol–water partition coefficient (Wildman–Crippen LogP) is 2.46. The zero-order chi connectivity index (χ0) is 12.0. The van der Waals surface area contributed by atoms with Crippen molar-refractivity contribution in [1.82, 2.24) is 0 Å². The third kappa shape index (κ3) is 2.11. The van der Waals surface area contributed by atoms with Gasteiger partial charge in [0.15, 0.2) is 0 Å². The van der Waals surface area contributed by atoms with E-state index >= 15 is 0 Å². The summed E-state index contributed by atoms with van der Waals surface area (Å²) in [6.45, 7) is 11.5. The Labute approximate surface area is 90.5 Å². The molecular weight excluding hydrogens is 192 g/mol. The molecular formula is C12H18O3. The van der Waals surface area contributed by atoms with Crippen molar-refractivity contribution in [3.05, 3.63) is 11.1 Å². The van der Waals surface area contributed by atoms with Crippen LogP contribution in [0.3, 0.4) is 0 Å². The SMILES string of the molecule is CC(C)(C)C1=C(C(C)(C)C)C(=O)OC1=O. The lowest BCUT2D eigenvalue weighted by Crippen LogP contribution is -2.21. The van der Waals surface area contributed by atoms with Gasteiger partial charge in [-0.3, -0.25) is 0 Å². The first-order chi connectivity index (χ1) is 6.55. The quantitative estimate of drug-likeness (QED) is 0.455. The number of cyclic esters (lactones) is 2. The highest BCUT2D eigenvalue weighted by atomic mass is 16.6. The van der Waals surface area contributed by atoms with Gasteiger partial charge in [0, 0.05) is 0 Å². The van der Waals surface area contributed by atoms with Crippen LogP contribution in [0.5, 0.6) is 0 Å². The molecule has 1 aliphatic heterocycles. The zero-order valence-electron chi connectivity index (χ0n) is 10.2. The van der Waals surface area contributed by atoms with Gasteiger partial charge in [0.05, 0.1) is 11.1 Å². The fourth-order valence-corrected chi connectivity index (χ4v) is 1.75. The van der Waals surface area contributed by atoms with Crippen LogP contribution in [-0.2, 0) is 14.3 Å². The van der Waals surface area contributed by atoms with Gasteiger partial charge in [0.2, 0.25) is 0 Å². The maximum Gasteiger partial charge on any atom is 0.343 e. The Morgan fingerprint density at radius 3 is 1.20 bits per heavy atom. The maximum absolute atomic E-state index is 11.6. The van der Waals surface area contributed by atoms with Crippen molar-refractivity contribution in [1.29, 1.82) is 0 Å². The standard InChI is InChI=1S/C12H18O3/c1-11(2,3)7-8(12(4,5)6)10(14)15-9(7)13/h1-6H3. The van der Waals surface area contributed by atoms with Crippen molar-refractivity contribution in [2.75, 3.05) is 0 Å². The summed E-state index contributed by atoms with van der Waals surface area (Å²) >= 11 is 0. The van der Waals surface area contributed by atoms with Crippen LogP contribution in [0.2, 0.25) is 0 Å². The lowest BCUT2D eigenvalue weighted by atomic mass is 9.76. The molecule has 1 rings (SSSR count). The Kier molecular flexibility index (Phi) is 2.54. The molecule has 15 heavy (non-hydrogen) atoms. The van der Waals surface area contributed by atoms with Gasteiger partial charge in [-0.25, -0.2) is 9.59 Å². The summed E-state index contributed by atoms with van der Waals surface area (Å²) < 4.78 is 4.69. The average Bonchev–Trinajstić information content (AvgIpc) is 2.22. The van der Waals surface area contributed by atoms with Crippen molar-refractivity contribution >= 4 is 11.9 Å². The highest BCUT2D eigenvalue weighted by Gasteiger charge is 2.43. The molecule has 0 aliphatic carbocycles. The van der Waals surface area contributed by atoms with E-state index in [4.69, 9.17) is 0 Å². The van der Waals surface area contributed by atoms with E-state index in [0.717, 1.165) is 0 Å². The van der Waals surface area contributed by atoms with Crippen LogP contribution in [-0.4, -0.2) is 11.9 Å². The fourth-order valence-electron chi connectivity index (χ4n) is 1.75. The van der Waals surface area contributed by atoms with E-state index in [1.54, 1.807) is 0 Å².